The predicted octanol–water partition coefficient (Wildman–Crippen LogP) is 4.53. The topological polar surface area (TPSA) is 124 Å². The van der Waals surface area contributed by atoms with Crippen LogP contribution in [-0.4, -0.2) is 40.7 Å². The third kappa shape index (κ3) is 5.35. The molecular formula is C22H18F5N5O4S. The molecule has 0 bridgehead atoms. The molecule has 1 amide bonds. The molecule has 4 rings (SSSR count). The molecule has 1 saturated carbocycles. The van der Waals surface area contributed by atoms with Crippen molar-refractivity contribution in [3.63, 3.8) is 0 Å². The summed E-state index contributed by atoms with van der Waals surface area (Å²) in [6.45, 7) is 0.931. The van der Waals surface area contributed by atoms with Gasteiger partial charge in [0.1, 0.15) is 5.56 Å². The SMILES string of the molecule is Cc1c(C(F)(F)F)nnc(Oc2ncc(C3(F)CCC3)nc2F)c1C(=O)Nc1cccc(S(C)(=O)=O)c1. The highest BCUT2D eigenvalue weighted by Gasteiger charge is 2.41. The van der Waals surface area contributed by atoms with E-state index in [0.717, 1.165) is 25.4 Å². The van der Waals surface area contributed by atoms with Gasteiger partial charge in [-0.2, -0.15) is 17.6 Å². The van der Waals surface area contributed by atoms with Crippen molar-refractivity contribution >= 4 is 21.4 Å². The van der Waals surface area contributed by atoms with Gasteiger partial charge in [0, 0.05) is 11.9 Å². The second kappa shape index (κ2) is 9.28. The number of rotatable bonds is 6. The lowest BCUT2D eigenvalue weighted by Crippen LogP contribution is -2.30. The van der Waals surface area contributed by atoms with E-state index < -0.39 is 62.1 Å². The van der Waals surface area contributed by atoms with Crippen LogP contribution in [0.15, 0.2) is 35.4 Å². The number of amides is 1. The Morgan fingerprint density at radius 1 is 1.16 bits per heavy atom. The Hall–Kier alpha value is -3.75. The number of ether oxygens (including phenoxy) is 1. The molecular weight excluding hydrogens is 525 g/mol. The van der Waals surface area contributed by atoms with Crippen LogP contribution in [-0.2, 0) is 21.7 Å². The van der Waals surface area contributed by atoms with Crippen LogP contribution in [0.2, 0.25) is 0 Å². The lowest BCUT2D eigenvalue weighted by atomic mass is 9.80. The molecule has 15 heteroatoms. The molecule has 0 atom stereocenters. The van der Waals surface area contributed by atoms with E-state index >= 15 is 0 Å². The van der Waals surface area contributed by atoms with Gasteiger partial charge in [0.25, 0.3) is 23.6 Å². The van der Waals surface area contributed by atoms with Crippen LogP contribution in [0.1, 0.15) is 46.6 Å². The van der Waals surface area contributed by atoms with E-state index in [4.69, 9.17) is 4.74 Å². The minimum absolute atomic E-state index is 0.0623. The average Bonchev–Trinajstić information content (AvgIpc) is 2.77. The number of carbonyl (C=O) groups is 1. The zero-order chi connectivity index (χ0) is 27.2. The first-order valence-corrected chi connectivity index (χ1v) is 12.5. The van der Waals surface area contributed by atoms with Gasteiger partial charge >= 0.3 is 6.18 Å². The van der Waals surface area contributed by atoms with Crippen LogP contribution in [0.25, 0.3) is 0 Å². The largest absolute Gasteiger partial charge is 0.435 e. The highest BCUT2D eigenvalue weighted by Crippen LogP contribution is 2.44. The monoisotopic (exact) mass is 543 g/mol. The highest BCUT2D eigenvalue weighted by molar-refractivity contribution is 7.90. The fraction of sp³-hybridized carbons (Fsp3) is 0.318. The number of sulfone groups is 1. The van der Waals surface area contributed by atoms with Crippen molar-refractivity contribution in [2.75, 3.05) is 11.6 Å². The number of hydrogen-bond acceptors (Lipinski definition) is 8. The molecule has 2 heterocycles. The first kappa shape index (κ1) is 26.3. The van der Waals surface area contributed by atoms with Gasteiger partial charge in [0.15, 0.2) is 21.2 Å². The van der Waals surface area contributed by atoms with Gasteiger partial charge in [-0.3, -0.25) is 4.79 Å². The number of alkyl halides is 4. The first-order chi connectivity index (χ1) is 17.2. The Morgan fingerprint density at radius 2 is 1.86 bits per heavy atom. The smallest absolute Gasteiger partial charge is 0.414 e. The Morgan fingerprint density at radius 3 is 2.43 bits per heavy atom. The molecule has 0 aliphatic heterocycles. The Kier molecular flexibility index (Phi) is 6.60. The van der Waals surface area contributed by atoms with E-state index in [1.807, 2.05) is 0 Å². The van der Waals surface area contributed by atoms with Crippen molar-refractivity contribution in [3.8, 4) is 11.8 Å². The molecule has 3 aromatic rings. The third-order valence-electron chi connectivity index (χ3n) is 5.70. The second-order valence-corrected chi connectivity index (χ2v) is 10.4. The van der Waals surface area contributed by atoms with Crippen molar-refractivity contribution in [3.05, 3.63) is 58.9 Å². The van der Waals surface area contributed by atoms with Crippen LogP contribution < -0.4 is 10.1 Å². The molecule has 0 saturated heterocycles. The average molecular weight is 543 g/mol. The number of benzene rings is 1. The third-order valence-corrected chi connectivity index (χ3v) is 6.81. The predicted molar refractivity (Wildman–Crippen MR) is 118 cm³/mol. The summed E-state index contributed by atoms with van der Waals surface area (Å²) in [5, 5.41) is 8.64. The summed E-state index contributed by atoms with van der Waals surface area (Å²) >= 11 is 0. The molecule has 1 N–H and O–H groups in total. The van der Waals surface area contributed by atoms with Gasteiger partial charge in [0.05, 0.1) is 16.8 Å². The molecule has 0 radical (unpaired) electrons. The maximum absolute atomic E-state index is 14.6. The molecule has 196 valence electrons. The fourth-order valence-corrected chi connectivity index (χ4v) is 4.25. The second-order valence-electron chi connectivity index (χ2n) is 8.38. The van der Waals surface area contributed by atoms with Gasteiger partial charge in [0.2, 0.25) is 0 Å². The fourth-order valence-electron chi connectivity index (χ4n) is 3.58. The lowest BCUT2D eigenvalue weighted by molar-refractivity contribution is -0.142. The van der Waals surface area contributed by atoms with Crippen molar-refractivity contribution < 1.29 is 39.9 Å². The maximum Gasteiger partial charge on any atom is 0.435 e. The molecule has 1 aliphatic rings. The number of aromatic nitrogens is 4. The van der Waals surface area contributed by atoms with Crippen LogP contribution in [0.3, 0.4) is 0 Å². The standard InChI is InChI=1S/C22H18F5N5O4S/c1-11-15(18(33)29-12-5-3-6-13(9-12)37(2,34)35)19(32-31-16(11)22(25,26)27)36-20-17(23)30-14(10-28-20)21(24)7-4-8-21/h3,5-6,9-10H,4,7-8H2,1-2H3,(H,29,33). The number of halogens is 5. The van der Waals surface area contributed by atoms with Crippen LogP contribution in [0.4, 0.5) is 27.6 Å². The van der Waals surface area contributed by atoms with Crippen molar-refractivity contribution in [1.29, 1.82) is 0 Å². The maximum atomic E-state index is 14.6. The first-order valence-electron chi connectivity index (χ1n) is 10.6. The van der Waals surface area contributed by atoms with E-state index in [9.17, 15) is 35.2 Å². The minimum atomic E-state index is -4.99. The van der Waals surface area contributed by atoms with Crippen molar-refractivity contribution in [2.45, 2.75) is 42.9 Å². The molecule has 1 fully saturated rings. The molecule has 37 heavy (non-hydrogen) atoms. The van der Waals surface area contributed by atoms with E-state index in [2.05, 4.69) is 25.5 Å². The number of nitrogens with one attached hydrogen (secondary N) is 1. The van der Waals surface area contributed by atoms with Crippen LogP contribution in [0, 0.1) is 12.9 Å². The van der Waals surface area contributed by atoms with E-state index in [1.165, 1.54) is 18.2 Å². The number of anilines is 1. The molecule has 1 aliphatic carbocycles. The summed E-state index contributed by atoms with van der Waals surface area (Å²) in [6.07, 6.45) is -2.28. The van der Waals surface area contributed by atoms with Crippen molar-refractivity contribution in [1.82, 2.24) is 20.2 Å². The van der Waals surface area contributed by atoms with Gasteiger partial charge < -0.3 is 10.1 Å². The summed E-state index contributed by atoms with van der Waals surface area (Å²) in [6, 6.07) is 4.98. The van der Waals surface area contributed by atoms with E-state index in [1.54, 1.807) is 0 Å². The molecule has 0 spiro atoms. The summed E-state index contributed by atoms with van der Waals surface area (Å²) in [4.78, 5) is 20.1. The normalized spacial score (nSPS) is 15.1. The molecule has 2 aromatic heterocycles. The van der Waals surface area contributed by atoms with E-state index in [0.29, 0.717) is 6.42 Å². The van der Waals surface area contributed by atoms with Gasteiger partial charge in [-0.15, -0.1) is 10.2 Å². The molecule has 0 unspecified atom stereocenters. The highest BCUT2D eigenvalue weighted by atomic mass is 32.2. The molecule has 9 nitrogen and oxygen atoms in total. The zero-order valence-electron chi connectivity index (χ0n) is 19.2. The number of carbonyl (C=O) groups excluding carboxylic acids is 1. The Balaban J connectivity index is 1.73. The zero-order valence-corrected chi connectivity index (χ0v) is 20.0. The van der Waals surface area contributed by atoms with Gasteiger partial charge in [-0.1, -0.05) is 6.07 Å². The Bertz CT molecular complexity index is 1490. The quantitative estimate of drug-likeness (QED) is 0.450. The van der Waals surface area contributed by atoms with Crippen molar-refractivity contribution in [2.24, 2.45) is 0 Å². The summed E-state index contributed by atoms with van der Waals surface area (Å²) < 4.78 is 98.3. The number of hydrogen-bond donors (Lipinski definition) is 1. The van der Waals surface area contributed by atoms with Gasteiger partial charge in [-0.05, 0) is 49.9 Å². The lowest BCUT2D eigenvalue weighted by Gasteiger charge is -2.32. The number of nitrogens with zero attached hydrogens (tertiary/aromatic N) is 4. The summed E-state index contributed by atoms with van der Waals surface area (Å²) in [5.41, 5.74) is -5.12. The van der Waals surface area contributed by atoms with Crippen LogP contribution >= 0.6 is 0 Å². The van der Waals surface area contributed by atoms with Gasteiger partial charge in [-0.25, -0.2) is 22.8 Å². The Labute approximate surface area is 207 Å². The van der Waals surface area contributed by atoms with E-state index in [-0.39, 0.29) is 29.1 Å². The summed E-state index contributed by atoms with van der Waals surface area (Å²) in [7, 11) is -3.66. The molecule has 1 aromatic carbocycles. The summed E-state index contributed by atoms with van der Waals surface area (Å²) in [5.74, 6) is -4.25. The minimum Gasteiger partial charge on any atom is -0.414 e. The van der Waals surface area contributed by atoms with Crippen LogP contribution in [0.5, 0.6) is 11.8 Å².